The van der Waals surface area contributed by atoms with Crippen molar-refractivity contribution in [3.8, 4) is 0 Å². The van der Waals surface area contributed by atoms with Gasteiger partial charge < -0.3 is 9.84 Å². The lowest BCUT2D eigenvalue weighted by atomic mass is 10.2. The Morgan fingerprint density at radius 1 is 0.905 bits per heavy atom. The molecule has 0 bridgehead atoms. The molecule has 2 aromatic carbocycles. The van der Waals surface area contributed by atoms with Crippen LogP contribution in [0.3, 0.4) is 0 Å². The van der Waals surface area contributed by atoms with E-state index in [9.17, 15) is 5.11 Å². The first-order chi connectivity index (χ1) is 10.2. The Morgan fingerprint density at radius 2 is 1.43 bits per heavy atom. The average Bonchev–Trinajstić information content (AvgIpc) is 2.56. The van der Waals surface area contributed by atoms with E-state index < -0.39 is 13.5 Å². The zero-order valence-electron chi connectivity index (χ0n) is 12.5. The van der Waals surface area contributed by atoms with Gasteiger partial charge in [-0.25, -0.2) is 0 Å². The molecule has 1 unspecified atom stereocenters. The minimum atomic E-state index is -2.39. The van der Waals surface area contributed by atoms with Gasteiger partial charge in [0.2, 0.25) is 0 Å². The summed E-state index contributed by atoms with van der Waals surface area (Å²) in [5.74, 6) is 0. The molecule has 0 saturated carbocycles. The van der Waals surface area contributed by atoms with Crippen molar-refractivity contribution < 1.29 is 9.84 Å². The van der Waals surface area contributed by atoms with Gasteiger partial charge in [-0.15, -0.1) is 0 Å². The Balaban J connectivity index is 2.15. The molecule has 0 aromatic heterocycles. The minimum Gasteiger partial charge on any atom is -0.368 e. The summed E-state index contributed by atoms with van der Waals surface area (Å²) >= 11 is 0. The second-order valence-corrected chi connectivity index (χ2v) is 10.1. The molecule has 1 heterocycles. The zero-order chi connectivity index (χ0) is 14.8. The fourth-order valence-corrected chi connectivity index (χ4v) is 7.36. The topological polar surface area (TPSA) is 29.5 Å². The Morgan fingerprint density at radius 3 is 1.86 bits per heavy atom. The highest BCUT2D eigenvalue weighted by Crippen LogP contribution is 2.31. The number of hydrogen-bond acceptors (Lipinski definition) is 2. The first-order valence-corrected chi connectivity index (χ1v) is 10.1. The number of aliphatic hydroxyl groups is 1. The molecule has 0 amide bonds. The molecule has 110 valence electrons. The molecule has 2 aromatic rings. The molecule has 1 aliphatic rings. The molecule has 2 nitrogen and oxygen atoms in total. The summed E-state index contributed by atoms with van der Waals surface area (Å²) in [5, 5.41) is 13.8. The third-order valence-electron chi connectivity index (χ3n) is 4.73. The molecule has 0 aliphatic carbocycles. The lowest BCUT2D eigenvalue weighted by Crippen LogP contribution is -2.73. The van der Waals surface area contributed by atoms with Crippen LogP contribution in [0.25, 0.3) is 0 Å². The van der Waals surface area contributed by atoms with Crippen molar-refractivity contribution in [1.29, 1.82) is 0 Å². The van der Waals surface area contributed by atoms with E-state index in [1.54, 1.807) is 0 Å². The molecule has 1 N–H and O–H groups in total. The highest BCUT2D eigenvalue weighted by Gasteiger charge is 2.53. The van der Waals surface area contributed by atoms with E-state index >= 15 is 0 Å². The van der Waals surface area contributed by atoms with E-state index in [0.29, 0.717) is 6.61 Å². The van der Waals surface area contributed by atoms with Crippen molar-refractivity contribution in [3.05, 3.63) is 60.7 Å². The van der Waals surface area contributed by atoms with Gasteiger partial charge in [0, 0.05) is 6.61 Å². The maximum Gasteiger partial charge on any atom is 0.183 e. The van der Waals surface area contributed by atoms with E-state index in [0.717, 1.165) is 19.3 Å². The first kappa shape index (κ1) is 14.5. The maximum absolute atomic E-state index is 11.3. The van der Waals surface area contributed by atoms with Crippen LogP contribution < -0.4 is 10.4 Å². The summed E-state index contributed by atoms with van der Waals surface area (Å²) in [5.41, 5.74) is -1.02. The fourth-order valence-electron chi connectivity index (χ4n) is 3.33. The molecule has 0 radical (unpaired) electrons. The average molecular weight is 298 g/mol. The van der Waals surface area contributed by atoms with Crippen molar-refractivity contribution in [3.63, 3.8) is 0 Å². The van der Waals surface area contributed by atoms with Crippen molar-refractivity contribution in [2.24, 2.45) is 0 Å². The maximum atomic E-state index is 11.3. The molecule has 1 aliphatic heterocycles. The third-order valence-corrected chi connectivity index (χ3v) is 9.67. The normalized spacial score (nSPS) is 23.0. The van der Waals surface area contributed by atoms with Crippen LogP contribution in [0, 0.1) is 0 Å². The van der Waals surface area contributed by atoms with Gasteiger partial charge in [0.25, 0.3) is 0 Å². The Bertz CT molecular complexity index is 537. The van der Waals surface area contributed by atoms with Gasteiger partial charge in [-0.1, -0.05) is 67.2 Å². The lowest BCUT2D eigenvalue weighted by Gasteiger charge is -2.46. The predicted octanol–water partition coefficient (Wildman–Crippen LogP) is 2.31. The van der Waals surface area contributed by atoms with Crippen LogP contribution in [0.5, 0.6) is 0 Å². The number of rotatable bonds is 3. The third kappa shape index (κ3) is 2.46. The van der Waals surface area contributed by atoms with Crippen molar-refractivity contribution in [2.45, 2.75) is 31.2 Å². The van der Waals surface area contributed by atoms with Gasteiger partial charge in [-0.05, 0) is 29.6 Å². The quantitative estimate of drug-likeness (QED) is 0.881. The summed E-state index contributed by atoms with van der Waals surface area (Å²) in [6.07, 6.45) is 2.79. The van der Waals surface area contributed by atoms with E-state index in [-0.39, 0.29) is 0 Å². The summed E-state index contributed by atoms with van der Waals surface area (Å²) in [6.45, 7) is 2.88. The molecule has 1 atom stereocenters. The fraction of sp³-hybridized carbons (Fsp3) is 0.333. The first-order valence-electron chi connectivity index (χ1n) is 7.64. The van der Waals surface area contributed by atoms with Gasteiger partial charge in [-0.2, -0.15) is 0 Å². The van der Waals surface area contributed by atoms with Crippen molar-refractivity contribution in [2.75, 3.05) is 6.61 Å². The van der Waals surface area contributed by atoms with Crippen LogP contribution in [0.1, 0.15) is 19.3 Å². The molecule has 3 rings (SSSR count). The summed E-state index contributed by atoms with van der Waals surface area (Å²) in [6, 6.07) is 20.8. The number of hydrogen-bond donors (Lipinski definition) is 1. The van der Waals surface area contributed by atoms with E-state index in [1.807, 2.05) is 12.1 Å². The Kier molecular flexibility index (Phi) is 3.98. The highest BCUT2D eigenvalue weighted by molar-refractivity contribution is 7.03. The molecule has 1 fully saturated rings. The van der Waals surface area contributed by atoms with Gasteiger partial charge in [0.05, 0.1) is 0 Å². The molecular formula is C18H22O2Si. The van der Waals surface area contributed by atoms with Crippen LogP contribution in [-0.2, 0) is 4.74 Å². The molecule has 0 spiro atoms. The highest BCUT2D eigenvalue weighted by atomic mass is 28.3. The summed E-state index contributed by atoms with van der Waals surface area (Å²) < 4.78 is 5.96. The van der Waals surface area contributed by atoms with Gasteiger partial charge in [-0.3, -0.25) is 0 Å². The van der Waals surface area contributed by atoms with Crippen LogP contribution in [-0.4, -0.2) is 25.2 Å². The van der Waals surface area contributed by atoms with Crippen LogP contribution in [0.15, 0.2) is 60.7 Å². The van der Waals surface area contributed by atoms with Crippen LogP contribution in [0.4, 0.5) is 0 Å². The van der Waals surface area contributed by atoms with Crippen molar-refractivity contribution >= 4 is 18.4 Å². The molecule has 1 saturated heterocycles. The molecule has 21 heavy (non-hydrogen) atoms. The summed E-state index contributed by atoms with van der Waals surface area (Å²) in [7, 11) is -2.39. The molecular weight excluding hydrogens is 276 g/mol. The molecule has 3 heteroatoms. The predicted molar refractivity (Wildman–Crippen MR) is 88.5 cm³/mol. The largest absolute Gasteiger partial charge is 0.368 e. The van der Waals surface area contributed by atoms with E-state index in [1.165, 1.54) is 10.4 Å². The van der Waals surface area contributed by atoms with Gasteiger partial charge in [0.15, 0.2) is 13.5 Å². The minimum absolute atomic E-state index is 0.652. The second-order valence-electron chi connectivity index (χ2n) is 5.95. The van der Waals surface area contributed by atoms with Crippen LogP contribution >= 0.6 is 0 Å². The number of benzene rings is 2. The monoisotopic (exact) mass is 298 g/mol. The van der Waals surface area contributed by atoms with E-state index in [2.05, 4.69) is 55.1 Å². The van der Waals surface area contributed by atoms with Crippen LogP contribution in [0.2, 0.25) is 6.55 Å². The summed E-state index contributed by atoms with van der Waals surface area (Å²) in [4.78, 5) is 0. The smallest absolute Gasteiger partial charge is 0.183 e. The van der Waals surface area contributed by atoms with Gasteiger partial charge in [0.1, 0.15) is 0 Å². The lowest BCUT2D eigenvalue weighted by molar-refractivity contribution is -0.168. The Labute approximate surface area is 127 Å². The van der Waals surface area contributed by atoms with Crippen molar-refractivity contribution in [1.82, 2.24) is 0 Å². The number of ether oxygens (including phenoxy) is 1. The zero-order valence-corrected chi connectivity index (χ0v) is 13.5. The Hall–Kier alpha value is -1.42. The van der Waals surface area contributed by atoms with Gasteiger partial charge >= 0.3 is 0 Å². The second kappa shape index (κ2) is 5.76. The standard InChI is InChI=1S/C18H22O2Si/c1-21(16-10-4-2-5-11-16,17-12-6-3-7-13-17)18(19)14-8-9-15-20-18/h2-7,10-13,19H,8-9,14-15H2,1H3. The SMILES string of the molecule is C[Si](c1ccccc1)(c1ccccc1)C1(O)CCCCO1. The van der Waals surface area contributed by atoms with E-state index in [4.69, 9.17) is 4.74 Å².